The van der Waals surface area contributed by atoms with E-state index in [1.54, 1.807) is 7.11 Å². The molecular formula is C18H25N5O2. The van der Waals surface area contributed by atoms with Crippen molar-refractivity contribution in [2.24, 2.45) is 0 Å². The van der Waals surface area contributed by atoms with E-state index >= 15 is 0 Å². The van der Waals surface area contributed by atoms with Gasteiger partial charge in [-0.3, -0.25) is 0 Å². The zero-order valence-electron chi connectivity index (χ0n) is 14.9. The van der Waals surface area contributed by atoms with E-state index in [0.717, 1.165) is 54.6 Å². The molecule has 3 rings (SSSR count). The normalized spacial score (nSPS) is 14.8. The van der Waals surface area contributed by atoms with Gasteiger partial charge in [0, 0.05) is 30.6 Å². The van der Waals surface area contributed by atoms with Crippen LogP contribution in [-0.2, 0) is 0 Å². The largest absolute Gasteiger partial charge is 0.493 e. The molecule has 0 aliphatic carbocycles. The van der Waals surface area contributed by atoms with Crippen molar-refractivity contribution >= 4 is 17.5 Å². The number of benzene rings is 1. The van der Waals surface area contributed by atoms with Gasteiger partial charge in [-0.15, -0.1) is 0 Å². The third-order valence-corrected chi connectivity index (χ3v) is 4.11. The van der Waals surface area contributed by atoms with Crippen molar-refractivity contribution in [3.8, 4) is 11.5 Å². The van der Waals surface area contributed by atoms with E-state index in [-0.39, 0.29) is 6.10 Å². The standard InChI is InChI=1S/C18H25N5O2/c1-12-10-17(19-2)23-18(21-12)22-13-4-5-15(24-3)16(11-13)25-14-6-8-20-9-7-14/h4-5,10-11,14,20H,6-9H2,1-3H3,(H2,19,21,22,23). The van der Waals surface area contributed by atoms with Crippen LogP contribution in [0.1, 0.15) is 18.5 Å². The van der Waals surface area contributed by atoms with Gasteiger partial charge in [0.1, 0.15) is 11.9 Å². The summed E-state index contributed by atoms with van der Waals surface area (Å²) in [6.07, 6.45) is 2.19. The number of hydrogen-bond donors (Lipinski definition) is 3. The fourth-order valence-corrected chi connectivity index (χ4v) is 2.82. The lowest BCUT2D eigenvalue weighted by Crippen LogP contribution is -2.34. The van der Waals surface area contributed by atoms with Gasteiger partial charge in [-0.05, 0) is 45.0 Å². The van der Waals surface area contributed by atoms with Crippen LogP contribution in [0.2, 0.25) is 0 Å². The van der Waals surface area contributed by atoms with Gasteiger partial charge in [-0.2, -0.15) is 4.98 Å². The molecule has 1 aliphatic heterocycles. The van der Waals surface area contributed by atoms with E-state index in [4.69, 9.17) is 9.47 Å². The molecule has 0 saturated carbocycles. The average Bonchev–Trinajstić information content (AvgIpc) is 2.62. The van der Waals surface area contributed by atoms with Gasteiger partial charge < -0.3 is 25.4 Å². The Bertz CT molecular complexity index is 717. The number of ether oxygens (including phenoxy) is 2. The zero-order chi connectivity index (χ0) is 17.6. The number of anilines is 3. The highest BCUT2D eigenvalue weighted by Gasteiger charge is 2.17. The minimum Gasteiger partial charge on any atom is -0.493 e. The van der Waals surface area contributed by atoms with Crippen molar-refractivity contribution in [3.63, 3.8) is 0 Å². The first-order valence-corrected chi connectivity index (χ1v) is 8.54. The summed E-state index contributed by atoms with van der Waals surface area (Å²) < 4.78 is 11.6. The van der Waals surface area contributed by atoms with Crippen molar-refractivity contribution in [1.82, 2.24) is 15.3 Å². The summed E-state index contributed by atoms with van der Waals surface area (Å²) in [4.78, 5) is 8.84. The van der Waals surface area contributed by atoms with Crippen LogP contribution in [0.3, 0.4) is 0 Å². The van der Waals surface area contributed by atoms with E-state index in [9.17, 15) is 0 Å². The zero-order valence-corrected chi connectivity index (χ0v) is 14.9. The summed E-state index contributed by atoms with van der Waals surface area (Å²) in [5, 5.41) is 9.62. The molecule has 0 bridgehead atoms. The Morgan fingerprint density at radius 1 is 1.12 bits per heavy atom. The molecule has 134 valence electrons. The fraction of sp³-hybridized carbons (Fsp3) is 0.444. The van der Waals surface area contributed by atoms with Crippen molar-refractivity contribution in [2.45, 2.75) is 25.9 Å². The predicted molar refractivity (Wildman–Crippen MR) is 99.1 cm³/mol. The van der Waals surface area contributed by atoms with Crippen LogP contribution in [0.4, 0.5) is 17.5 Å². The van der Waals surface area contributed by atoms with Crippen molar-refractivity contribution in [1.29, 1.82) is 0 Å². The van der Waals surface area contributed by atoms with Crippen LogP contribution in [0.25, 0.3) is 0 Å². The van der Waals surface area contributed by atoms with Gasteiger partial charge in [-0.25, -0.2) is 4.98 Å². The first-order chi connectivity index (χ1) is 12.2. The lowest BCUT2D eigenvalue weighted by Gasteiger charge is -2.25. The molecule has 0 unspecified atom stereocenters. The Hall–Kier alpha value is -2.54. The van der Waals surface area contributed by atoms with Gasteiger partial charge >= 0.3 is 0 Å². The number of rotatable bonds is 6. The molecule has 2 heterocycles. The first-order valence-electron chi connectivity index (χ1n) is 8.54. The fourth-order valence-electron chi connectivity index (χ4n) is 2.82. The van der Waals surface area contributed by atoms with Crippen LogP contribution < -0.4 is 25.4 Å². The molecule has 1 aromatic carbocycles. The Morgan fingerprint density at radius 2 is 1.92 bits per heavy atom. The molecule has 0 radical (unpaired) electrons. The molecule has 1 saturated heterocycles. The maximum atomic E-state index is 6.17. The maximum Gasteiger partial charge on any atom is 0.229 e. The summed E-state index contributed by atoms with van der Waals surface area (Å²) >= 11 is 0. The quantitative estimate of drug-likeness (QED) is 0.744. The minimum absolute atomic E-state index is 0.205. The Kier molecular flexibility index (Phi) is 5.55. The van der Waals surface area contributed by atoms with E-state index < -0.39 is 0 Å². The molecule has 1 fully saturated rings. The lowest BCUT2D eigenvalue weighted by atomic mass is 10.1. The number of methoxy groups -OCH3 is 1. The summed E-state index contributed by atoms with van der Waals surface area (Å²) in [6, 6.07) is 7.66. The first kappa shape index (κ1) is 17.3. The van der Waals surface area contributed by atoms with Crippen molar-refractivity contribution < 1.29 is 9.47 Å². The highest BCUT2D eigenvalue weighted by atomic mass is 16.5. The average molecular weight is 343 g/mol. The second kappa shape index (κ2) is 8.02. The van der Waals surface area contributed by atoms with Crippen LogP contribution in [0, 0.1) is 6.92 Å². The molecule has 7 nitrogen and oxygen atoms in total. The van der Waals surface area contributed by atoms with Gasteiger partial charge in [0.15, 0.2) is 11.5 Å². The molecule has 0 amide bonds. The maximum absolute atomic E-state index is 6.17. The summed E-state index contributed by atoms with van der Waals surface area (Å²) in [6.45, 7) is 3.90. The highest BCUT2D eigenvalue weighted by molar-refractivity contribution is 5.60. The van der Waals surface area contributed by atoms with E-state index in [0.29, 0.717) is 5.95 Å². The number of nitrogens with one attached hydrogen (secondary N) is 3. The molecule has 0 spiro atoms. The second-order valence-corrected chi connectivity index (χ2v) is 6.03. The van der Waals surface area contributed by atoms with Crippen LogP contribution in [0.15, 0.2) is 24.3 Å². The summed E-state index contributed by atoms with van der Waals surface area (Å²) in [5.74, 6) is 2.78. The monoisotopic (exact) mass is 343 g/mol. The van der Waals surface area contributed by atoms with E-state index in [2.05, 4.69) is 25.9 Å². The number of piperidine rings is 1. The molecule has 2 aromatic rings. The molecule has 0 atom stereocenters. The smallest absolute Gasteiger partial charge is 0.229 e. The van der Waals surface area contributed by atoms with Gasteiger partial charge in [0.25, 0.3) is 0 Å². The second-order valence-electron chi connectivity index (χ2n) is 6.03. The molecule has 1 aliphatic rings. The number of hydrogen-bond acceptors (Lipinski definition) is 7. The van der Waals surface area contributed by atoms with Crippen LogP contribution in [-0.4, -0.2) is 43.3 Å². The number of nitrogens with zero attached hydrogens (tertiary/aromatic N) is 2. The van der Waals surface area contributed by atoms with Crippen LogP contribution >= 0.6 is 0 Å². The Labute approximate surface area is 148 Å². The molecule has 7 heteroatoms. The molecule has 25 heavy (non-hydrogen) atoms. The van der Waals surface area contributed by atoms with Crippen LogP contribution in [0.5, 0.6) is 11.5 Å². The minimum atomic E-state index is 0.205. The van der Waals surface area contributed by atoms with Gasteiger partial charge in [0.2, 0.25) is 5.95 Å². The van der Waals surface area contributed by atoms with Gasteiger partial charge in [-0.1, -0.05) is 0 Å². The van der Waals surface area contributed by atoms with Crippen molar-refractivity contribution in [2.75, 3.05) is 37.9 Å². The summed E-state index contributed by atoms with van der Waals surface area (Å²) in [7, 11) is 3.49. The number of aromatic nitrogens is 2. The topological polar surface area (TPSA) is 80.3 Å². The third kappa shape index (κ3) is 4.51. The molecular weight excluding hydrogens is 318 g/mol. The third-order valence-electron chi connectivity index (χ3n) is 4.11. The molecule has 1 aromatic heterocycles. The number of aryl methyl sites for hydroxylation is 1. The van der Waals surface area contributed by atoms with Gasteiger partial charge in [0.05, 0.1) is 7.11 Å². The Balaban J connectivity index is 1.79. The lowest BCUT2D eigenvalue weighted by molar-refractivity contribution is 0.157. The highest BCUT2D eigenvalue weighted by Crippen LogP contribution is 2.33. The van der Waals surface area contributed by atoms with E-state index in [1.807, 2.05) is 38.2 Å². The van der Waals surface area contributed by atoms with E-state index in [1.165, 1.54) is 0 Å². The van der Waals surface area contributed by atoms with Crippen molar-refractivity contribution in [3.05, 3.63) is 30.0 Å². The summed E-state index contributed by atoms with van der Waals surface area (Å²) in [5.41, 5.74) is 1.75. The predicted octanol–water partition coefficient (Wildman–Crippen LogP) is 2.71. The SMILES string of the molecule is CNc1cc(C)nc(Nc2ccc(OC)c(OC3CCNCC3)c2)n1. The molecule has 3 N–H and O–H groups in total. The Morgan fingerprint density at radius 3 is 2.64 bits per heavy atom.